The van der Waals surface area contributed by atoms with Crippen LogP contribution in [0.3, 0.4) is 0 Å². The molecule has 0 spiro atoms. The van der Waals surface area contributed by atoms with Gasteiger partial charge in [0.05, 0.1) is 10.7 Å². The average molecular weight is 227 g/mol. The van der Waals surface area contributed by atoms with Crippen LogP contribution in [0.2, 0.25) is 0 Å². The standard InChI is InChI=1S/C9H9NO4S/c1-15-6-9(11)14-8-4-2-7(3-5-8)10(12)13/h2-5H,6H2,1H3. The fraction of sp³-hybridized carbons (Fsp3) is 0.222. The number of thioether (sulfide) groups is 1. The summed E-state index contributed by atoms with van der Waals surface area (Å²) in [7, 11) is 0. The molecule has 0 aliphatic carbocycles. The van der Waals surface area contributed by atoms with Gasteiger partial charge in [0.25, 0.3) is 5.69 Å². The zero-order valence-electron chi connectivity index (χ0n) is 8.00. The van der Waals surface area contributed by atoms with E-state index in [1.165, 1.54) is 36.0 Å². The topological polar surface area (TPSA) is 69.4 Å². The average Bonchev–Trinajstić information content (AvgIpc) is 2.18. The Balaban J connectivity index is 2.64. The van der Waals surface area contributed by atoms with Crippen molar-refractivity contribution in [1.29, 1.82) is 0 Å². The summed E-state index contributed by atoms with van der Waals surface area (Å²) in [6, 6.07) is 5.39. The van der Waals surface area contributed by atoms with E-state index in [0.29, 0.717) is 5.75 Å². The number of hydrogen-bond donors (Lipinski definition) is 0. The molecule has 5 nitrogen and oxygen atoms in total. The first kappa shape index (κ1) is 11.5. The van der Waals surface area contributed by atoms with Crippen LogP contribution in [0.25, 0.3) is 0 Å². The molecular formula is C9H9NO4S. The number of nitro benzene ring substituents is 1. The Morgan fingerprint density at radius 2 is 2.07 bits per heavy atom. The van der Waals surface area contributed by atoms with Gasteiger partial charge in [-0.15, -0.1) is 0 Å². The Hall–Kier alpha value is -1.56. The molecule has 0 radical (unpaired) electrons. The lowest BCUT2D eigenvalue weighted by Crippen LogP contribution is -2.10. The fourth-order valence-electron chi connectivity index (χ4n) is 0.915. The van der Waals surface area contributed by atoms with Crippen LogP contribution in [0.1, 0.15) is 0 Å². The van der Waals surface area contributed by atoms with Gasteiger partial charge in [-0.25, -0.2) is 0 Å². The van der Waals surface area contributed by atoms with Crippen LogP contribution in [-0.4, -0.2) is 22.9 Å². The van der Waals surface area contributed by atoms with Gasteiger partial charge in [-0.3, -0.25) is 14.9 Å². The van der Waals surface area contributed by atoms with Gasteiger partial charge < -0.3 is 4.74 Å². The van der Waals surface area contributed by atoms with Gasteiger partial charge >= 0.3 is 5.97 Å². The Morgan fingerprint density at radius 1 is 1.47 bits per heavy atom. The van der Waals surface area contributed by atoms with Crippen LogP contribution in [-0.2, 0) is 4.79 Å². The minimum absolute atomic E-state index is 0.0281. The molecule has 0 saturated heterocycles. The number of nitro groups is 1. The number of ether oxygens (including phenoxy) is 1. The quantitative estimate of drug-likeness (QED) is 0.340. The minimum atomic E-state index is -0.506. The number of esters is 1. The molecule has 1 rings (SSSR count). The van der Waals surface area contributed by atoms with E-state index in [1.807, 2.05) is 0 Å². The lowest BCUT2D eigenvalue weighted by Gasteiger charge is -2.01. The molecule has 6 heteroatoms. The molecule has 0 aromatic heterocycles. The van der Waals surface area contributed by atoms with Crippen LogP contribution < -0.4 is 4.74 Å². The molecule has 0 saturated carbocycles. The zero-order valence-corrected chi connectivity index (χ0v) is 8.82. The third kappa shape index (κ3) is 3.59. The summed E-state index contributed by atoms with van der Waals surface area (Å²) in [4.78, 5) is 20.9. The number of hydrogen-bond acceptors (Lipinski definition) is 5. The second kappa shape index (κ2) is 5.35. The van der Waals surface area contributed by atoms with Gasteiger partial charge in [0.1, 0.15) is 5.75 Å². The first-order chi connectivity index (χ1) is 7.13. The van der Waals surface area contributed by atoms with Crippen molar-refractivity contribution in [2.45, 2.75) is 0 Å². The Bertz CT molecular complexity index is 363. The normalized spacial score (nSPS) is 9.67. The van der Waals surface area contributed by atoms with Crippen LogP contribution in [0.4, 0.5) is 5.69 Å². The van der Waals surface area contributed by atoms with E-state index in [9.17, 15) is 14.9 Å². The van der Waals surface area contributed by atoms with Crippen molar-refractivity contribution < 1.29 is 14.5 Å². The molecule has 0 N–H and O–H groups in total. The summed E-state index contributed by atoms with van der Waals surface area (Å²) in [6.07, 6.45) is 1.79. The van der Waals surface area contributed by atoms with Crippen molar-refractivity contribution in [1.82, 2.24) is 0 Å². The third-order valence-electron chi connectivity index (χ3n) is 1.54. The summed E-state index contributed by atoms with van der Waals surface area (Å²) in [5.41, 5.74) is -0.0281. The van der Waals surface area contributed by atoms with Gasteiger partial charge in [-0.1, -0.05) is 0 Å². The number of carbonyl (C=O) groups excluding carboxylic acids is 1. The number of benzene rings is 1. The summed E-state index contributed by atoms with van der Waals surface area (Å²) in [5.74, 6) is 0.216. The zero-order chi connectivity index (χ0) is 11.3. The van der Waals surface area contributed by atoms with Crippen LogP contribution >= 0.6 is 11.8 Å². The molecule has 0 heterocycles. The largest absolute Gasteiger partial charge is 0.426 e. The summed E-state index contributed by atoms with van der Waals surface area (Å²) in [6.45, 7) is 0. The van der Waals surface area contributed by atoms with Gasteiger partial charge in [0, 0.05) is 12.1 Å². The van der Waals surface area contributed by atoms with E-state index in [1.54, 1.807) is 6.26 Å². The van der Waals surface area contributed by atoms with Crippen molar-refractivity contribution in [2.75, 3.05) is 12.0 Å². The molecule has 15 heavy (non-hydrogen) atoms. The van der Waals surface area contributed by atoms with Crippen molar-refractivity contribution >= 4 is 23.4 Å². The molecule has 1 aromatic rings. The highest BCUT2D eigenvalue weighted by atomic mass is 32.2. The molecule has 0 bridgehead atoms. The lowest BCUT2D eigenvalue weighted by molar-refractivity contribution is -0.384. The fourth-order valence-corrected chi connectivity index (χ4v) is 1.21. The number of carbonyl (C=O) groups is 1. The van der Waals surface area contributed by atoms with E-state index in [4.69, 9.17) is 4.74 Å². The van der Waals surface area contributed by atoms with E-state index in [0.717, 1.165) is 0 Å². The highest BCUT2D eigenvalue weighted by Crippen LogP contribution is 2.17. The first-order valence-electron chi connectivity index (χ1n) is 4.07. The predicted octanol–water partition coefficient (Wildman–Crippen LogP) is 1.86. The van der Waals surface area contributed by atoms with Crippen molar-refractivity contribution in [3.05, 3.63) is 34.4 Å². The molecule has 1 aromatic carbocycles. The predicted molar refractivity (Wildman–Crippen MR) is 57.1 cm³/mol. The van der Waals surface area contributed by atoms with Crippen LogP contribution in [0.5, 0.6) is 5.75 Å². The molecule has 0 aliphatic rings. The van der Waals surface area contributed by atoms with E-state index >= 15 is 0 Å². The van der Waals surface area contributed by atoms with Crippen LogP contribution in [0.15, 0.2) is 24.3 Å². The van der Waals surface area contributed by atoms with Crippen molar-refractivity contribution in [2.24, 2.45) is 0 Å². The smallest absolute Gasteiger partial charge is 0.321 e. The highest BCUT2D eigenvalue weighted by molar-refractivity contribution is 7.99. The monoisotopic (exact) mass is 227 g/mol. The Labute approximate surface area is 90.6 Å². The number of non-ortho nitro benzene ring substituents is 1. The van der Waals surface area contributed by atoms with E-state index in [2.05, 4.69) is 0 Å². The molecule has 0 aliphatic heterocycles. The third-order valence-corrected chi connectivity index (χ3v) is 2.07. The molecular weight excluding hydrogens is 218 g/mol. The molecule has 0 atom stereocenters. The maximum Gasteiger partial charge on any atom is 0.321 e. The van der Waals surface area contributed by atoms with E-state index < -0.39 is 4.92 Å². The van der Waals surface area contributed by atoms with E-state index in [-0.39, 0.29) is 17.4 Å². The van der Waals surface area contributed by atoms with Gasteiger partial charge in [0.2, 0.25) is 0 Å². The van der Waals surface area contributed by atoms with Crippen LogP contribution in [0, 0.1) is 10.1 Å². The van der Waals surface area contributed by atoms with Gasteiger partial charge in [-0.2, -0.15) is 11.8 Å². The minimum Gasteiger partial charge on any atom is -0.426 e. The number of rotatable bonds is 4. The summed E-state index contributed by atoms with van der Waals surface area (Å²) in [5, 5.41) is 10.3. The second-order valence-corrected chi connectivity index (χ2v) is 3.52. The van der Waals surface area contributed by atoms with Gasteiger partial charge in [0.15, 0.2) is 0 Å². The highest BCUT2D eigenvalue weighted by Gasteiger charge is 2.07. The maximum atomic E-state index is 11.1. The molecule has 80 valence electrons. The SMILES string of the molecule is CSCC(=O)Oc1ccc([N+](=O)[O-])cc1. The Morgan fingerprint density at radius 3 is 2.53 bits per heavy atom. The number of nitrogens with zero attached hydrogens (tertiary/aromatic N) is 1. The lowest BCUT2D eigenvalue weighted by atomic mass is 10.3. The van der Waals surface area contributed by atoms with Crippen molar-refractivity contribution in [3.63, 3.8) is 0 Å². The maximum absolute atomic E-state index is 11.1. The molecule has 0 amide bonds. The molecule has 0 fully saturated rings. The second-order valence-electron chi connectivity index (χ2n) is 2.66. The first-order valence-corrected chi connectivity index (χ1v) is 5.47. The Kier molecular flexibility index (Phi) is 4.11. The summed E-state index contributed by atoms with van der Waals surface area (Å²) < 4.78 is 4.91. The van der Waals surface area contributed by atoms with Gasteiger partial charge in [-0.05, 0) is 18.4 Å². The summed E-state index contributed by atoms with van der Waals surface area (Å²) >= 11 is 1.35. The molecule has 0 unspecified atom stereocenters. The van der Waals surface area contributed by atoms with Crippen molar-refractivity contribution in [3.8, 4) is 5.75 Å².